The molecule has 0 saturated carbocycles. The number of carbonyl (C=O) groups is 2. The lowest BCUT2D eigenvalue weighted by Gasteiger charge is -2.09. The first-order valence-corrected chi connectivity index (χ1v) is 15.8. The third-order valence-corrected chi connectivity index (χ3v) is 9.00. The van der Waals surface area contributed by atoms with Crippen molar-refractivity contribution < 1.29 is 18.0 Å². The molecule has 2 heterocycles. The van der Waals surface area contributed by atoms with Crippen molar-refractivity contribution in [1.29, 1.82) is 0 Å². The fourth-order valence-electron chi connectivity index (χ4n) is 4.96. The van der Waals surface area contributed by atoms with E-state index < -0.39 is 33.0 Å². The third-order valence-electron chi connectivity index (χ3n) is 7.64. The lowest BCUT2D eigenvalue weighted by molar-refractivity contribution is -0.121. The van der Waals surface area contributed by atoms with E-state index in [0.29, 0.717) is 28.5 Å². The monoisotopic (exact) mass is 643 g/mol. The zero-order valence-electron chi connectivity index (χ0n) is 25.6. The number of amides is 2. The Hall–Kier alpha value is -5.63. The zero-order valence-corrected chi connectivity index (χ0v) is 26.5. The molecule has 3 aromatic carbocycles. The topological polar surface area (TPSA) is 158 Å². The molecule has 0 aliphatic heterocycles. The Kier molecular flexibility index (Phi) is 8.82. The van der Waals surface area contributed by atoms with Crippen LogP contribution in [-0.2, 0) is 33.7 Å². The zero-order chi connectivity index (χ0) is 33.2. The molecule has 13 nitrogen and oxygen atoms in total. The highest BCUT2D eigenvalue weighted by Crippen LogP contribution is 2.21. The Balaban J connectivity index is 1.20. The molecule has 2 aromatic heterocycles. The number of anilines is 3. The van der Waals surface area contributed by atoms with E-state index in [9.17, 15) is 27.6 Å². The van der Waals surface area contributed by atoms with Crippen molar-refractivity contribution >= 4 is 38.9 Å². The van der Waals surface area contributed by atoms with Gasteiger partial charge >= 0.3 is 0 Å². The van der Waals surface area contributed by atoms with Crippen LogP contribution in [0.2, 0.25) is 0 Å². The molecule has 0 aliphatic rings. The molecule has 5 aromatic rings. The molecular weight excluding hydrogens is 610 g/mol. The summed E-state index contributed by atoms with van der Waals surface area (Å²) in [7, 11) is -0.766. The van der Waals surface area contributed by atoms with Gasteiger partial charge in [-0.15, -0.1) is 0 Å². The number of nitrogens with zero attached hydrogens (tertiary/aromatic N) is 4. The standard InChI is InChI=1S/C32H33N7O6S/c1-21-29(31(42)38(36(21)3)24-11-7-5-8-12-24)34-28(41)20-19-27(40)33-23-15-17-26(18-16-23)46(44,45)35-30-22(2)37(4)39(32(30)43)25-13-9-6-10-14-25/h5-18,35H,19-20H2,1-4H3,(H,33,40)(H,34,41). The van der Waals surface area contributed by atoms with E-state index >= 15 is 0 Å². The molecule has 238 valence electrons. The molecule has 0 radical (unpaired) electrons. The van der Waals surface area contributed by atoms with Gasteiger partial charge in [-0.3, -0.25) is 33.3 Å². The largest absolute Gasteiger partial charge is 0.326 e. The summed E-state index contributed by atoms with van der Waals surface area (Å²) in [5, 5.41) is 5.26. The second-order valence-electron chi connectivity index (χ2n) is 10.6. The van der Waals surface area contributed by atoms with Crippen molar-refractivity contribution in [3.63, 3.8) is 0 Å². The predicted octanol–water partition coefficient (Wildman–Crippen LogP) is 3.44. The number of sulfonamides is 1. The second-order valence-corrected chi connectivity index (χ2v) is 12.3. The maximum atomic E-state index is 13.1. The van der Waals surface area contributed by atoms with Crippen molar-refractivity contribution in [2.75, 3.05) is 15.4 Å². The Bertz CT molecular complexity index is 2140. The number of para-hydroxylation sites is 2. The average Bonchev–Trinajstić information content (AvgIpc) is 3.38. The Morgan fingerprint density at radius 2 is 1.07 bits per heavy atom. The van der Waals surface area contributed by atoms with Crippen LogP contribution in [0.3, 0.4) is 0 Å². The van der Waals surface area contributed by atoms with Gasteiger partial charge in [0.25, 0.3) is 21.1 Å². The molecule has 0 atom stereocenters. The second kappa shape index (κ2) is 12.8. The number of hydrogen-bond donors (Lipinski definition) is 3. The van der Waals surface area contributed by atoms with Crippen molar-refractivity contribution in [1.82, 2.24) is 18.7 Å². The highest BCUT2D eigenvalue weighted by Gasteiger charge is 2.23. The van der Waals surface area contributed by atoms with Crippen molar-refractivity contribution in [3.8, 4) is 11.4 Å². The fraction of sp³-hybridized carbons (Fsp3) is 0.188. The van der Waals surface area contributed by atoms with Crippen LogP contribution in [0.1, 0.15) is 24.2 Å². The first-order chi connectivity index (χ1) is 21.9. The van der Waals surface area contributed by atoms with Gasteiger partial charge in [0, 0.05) is 32.6 Å². The molecule has 0 aliphatic carbocycles. The van der Waals surface area contributed by atoms with Gasteiger partial charge in [0.05, 0.1) is 27.7 Å². The molecule has 0 unspecified atom stereocenters. The number of hydrogen-bond acceptors (Lipinski definition) is 6. The quantitative estimate of drug-likeness (QED) is 0.212. The van der Waals surface area contributed by atoms with Gasteiger partial charge < -0.3 is 10.6 Å². The predicted molar refractivity (Wildman–Crippen MR) is 175 cm³/mol. The van der Waals surface area contributed by atoms with E-state index in [4.69, 9.17) is 0 Å². The summed E-state index contributed by atoms with van der Waals surface area (Å²) in [6.45, 7) is 3.35. The van der Waals surface area contributed by atoms with Gasteiger partial charge in [-0.1, -0.05) is 36.4 Å². The number of nitrogens with one attached hydrogen (secondary N) is 3. The van der Waals surface area contributed by atoms with Gasteiger partial charge in [-0.2, -0.15) is 0 Å². The van der Waals surface area contributed by atoms with Crippen LogP contribution in [-0.4, -0.2) is 39.0 Å². The van der Waals surface area contributed by atoms with E-state index in [1.54, 1.807) is 85.8 Å². The summed E-state index contributed by atoms with van der Waals surface area (Å²) in [5.41, 5.74) is 1.67. The minimum Gasteiger partial charge on any atom is -0.326 e. The third kappa shape index (κ3) is 6.28. The van der Waals surface area contributed by atoms with Crippen LogP contribution in [0.15, 0.2) is 99.4 Å². The lowest BCUT2D eigenvalue weighted by Crippen LogP contribution is -2.23. The van der Waals surface area contributed by atoms with Gasteiger partial charge in [0.1, 0.15) is 11.4 Å². The van der Waals surface area contributed by atoms with Crippen LogP contribution in [0.4, 0.5) is 17.1 Å². The Morgan fingerprint density at radius 1 is 0.630 bits per heavy atom. The lowest BCUT2D eigenvalue weighted by atomic mass is 10.2. The molecule has 14 heteroatoms. The van der Waals surface area contributed by atoms with Gasteiger partial charge in [-0.05, 0) is 62.4 Å². The summed E-state index contributed by atoms with van der Waals surface area (Å²) in [6.07, 6.45) is -0.356. The Morgan fingerprint density at radius 3 is 1.57 bits per heavy atom. The average molecular weight is 644 g/mol. The smallest absolute Gasteiger partial charge is 0.296 e. The summed E-state index contributed by atoms with van der Waals surface area (Å²) in [6, 6.07) is 23.3. The van der Waals surface area contributed by atoms with Crippen molar-refractivity contribution in [2.24, 2.45) is 14.1 Å². The Labute approximate surface area is 264 Å². The maximum Gasteiger partial charge on any atom is 0.296 e. The summed E-state index contributed by atoms with van der Waals surface area (Å²) in [4.78, 5) is 51.2. The van der Waals surface area contributed by atoms with Crippen LogP contribution in [0, 0.1) is 13.8 Å². The van der Waals surface area contributed by atoms with Crippen LogP contribution in [0.5, 0.6) is 0 Å². The van der Waals surface area contributed by atoms with Crippen LogP contribution < -0.4 is 26.5 Å². The fourth-order valence-corrected chi connectivity index (χ4v) is 6.08. The van der Waals surface area contributed by atoms with Crippen LogP contribution >= 0.6 is 0 Å². The number of benzene rings is 3. The summed E-state index contributed by atoms with van der Waals surface area (Å²) in [5.74, 6) is -0.979. The molecular formula is C32H33N7O6S. The van der Waals surface area contributed by atoms with E-state index in [-0.39, 0.29) is 29.1 Å². The van der Waals surface area contributed by atoms with E-state index in [2.05, 4.69) is 15.4 Å². The molecule has 3 N–H and O–H groups in total. The van der Waals surface area contributed by atoms with Gasteiger partial charge in [-0.25, -0.2) is 17.8 Å². The maximum absolute atomic E-state index is 13.1. The van der Waals surface area contributed by atoms with Crippen molar-refractivity contribution in [2.45, 2.75) is 31.6 Å². The first-order valence-electron chi connectivity index (χ1n) is 14.3. The van der Waals surface area contributed by atoms with Gasteiger partial charge in [0.2, 0.25) is 11.8 Å². The molecule has 0 spiro atoms. The molecule has 0 saturated heterocycles. The first kappa shape index (κ1) is 31.8. The molecule has 0 fully saturated rings. The number of aromatic nitrogens is 4. The summed E-state index contributed by atoms with van der Waals surface area (Å²) < 4.78 is 34.7. The summed E-state index contributed by atoms with van der Waals surface area (Å²) >= 11 is 0. The normalized spacial score (nSPS) is 11.3. The minimum atomic E-state index is -4.14. The van der Waals surface area contributed by atoms with E-state index in [1.165, 1.54) is 33.6 Å². The number of carbonyl (C=O) groups excluding carboxylic acids is 2. The number of rotatable bonds is 10. The van der Waals surface area contributed by atoms with Crippen molar-refractivity contribution in [3.05, 3.63) is 117 Å². The molecule has 0 bridgehead atoms. The molecule has 5 rings (SSSR count). The SMILES string of the molecule is Cc1c(NC(=O)CCC(=O)Nc2ccc(S(=O)(=O)Nc3c(C)n(C)n(-c4ccccc4)c3=O)cc2)c(=O)n(-c2ccccc2)n1C. The molecule has 2 amide bonds. The minimum absolute atomic E-state index is 0.0771. The highest BCUT2D eigenvalue weighted by atomic mass is 32.2. The highest BCUT2D eigenvalue weighted by molar-refractivity contribution is 7.92. The van der Waals surface area contributed by atoms with Crippen LogP contribution in [0.25, 0.3) is 11.4 Å². The van der Waals surface area contributed by atoms with Gasteiger partial charge in [0.15, 0.2) is 0 Å². The van der Waals surface area contributed by atoms with E-state index in [1.807, 2.05) is 12.1 Å². The molecule has 46 heavy (non-hydrogen) atoms. The van der Waals surface area contributed by atoms with E-state index in [0.717, 1.165) is 0 Å².